The number of anilines is 2. The minimum Gasteiger partial charge on any atom is -0.455 e. The van der Waals surface area contributed by atoms with Crippen molar-refractivity contribution in [3.63, 3.8) is 0 Å². The lowest BCUT2D eigenvalue weighted by Crippen LogP contribution is -2.04. The Kier molecular flexibility index (Phi) is 5.27. The summed E-state index contributed by atoms with van der Waals surface area (Å²) in [4.78, 5) is 14.2. The second-order valence-corrected chi connectivity index (χ2v) is 8.09. The SMILES string of the molecule is Cc1cc(Nc2ccc([N+](=O)[O-])cc2S(C)(=O)=O)ccc1Oc1cccnc1. The van der Waals surface area contributed by atoms with Gasteiger partial charge in [-0.15, -0.1) is 0 Å². The Morgan fingerprint density at radius 3 is 2.54 bits per heavy atom. The normalized spacial score (nSPS) is 11.1. The van der Waals surface area contributed by atoms with Crippen LogP contribution in [0.3, 0.4) is 0 Å². The fraction of sp³-hybridized carbons (Fsp3) is 0.105. The Morgan fingerprint density at radius 2 is 1.93 bits per heavy atom. The fourth-order valence-electron chi connectivity index (χ4n) is 2.57. The number of nitro groups is 1. The van der Waals surface area contributed by atoms with Gasteiger partial charge in [-0.05, 0) is 48.9 Å². The Labute approximate surface area is 161 Å². The van der Waals surface area contributed by atoms with E-state index in [2.05, 4.69) is 10.3 Å². The van der Waals surface area contributed by atoms with Gasteiger partial charge in [-0.1, -0.05) is 0 Å². The highest BCUT2D eigenvalue weighted by molar-refractivity contribution is 7.90. The molecule has 144 valence electrons. The fourth-order valence-corrected chi connectivity index (χ4v) is 3.42. The van der Waals surface area contributed by atoms with E-state index in [1.165, 1.54) is 12.1 Å². The molecule has 0 spiro atoms. The summed E-state index contributed by atoms with van der Waals surface area (Å²) >= 11 is 0. The molecular formula is C19H17N3O5S. The summed E-state index contributed by atoms with van der Waals surface area (Å²) in [6, 6.07) is 12.5. The molecule has 0 unspecified atom stereocenters. The third-order valence-corrected chi connectivity index (χ3v) is 5.03. The van der Waals surface area contributed by atoms with Gasteiger partial charge in [0.25, 0.3) is 5.69 Å². The number of hydrogen-bond donors (Lipinski definition) is 1. The molecule has 0 radical (unpaired) electrons. The second-order valence-electron chi connectivity index (χ2n) is 6.11. The van der Waals surface area contributed by atoms with Gasteiger partial charge in [-0.3, -0.25) is 15.1 Å². The molecule has 0 aliphatic heterocycles. The van der Waals surface area contributed by atoms with E-state index in [1.54, 1.807) is 42.7 Å². The van der Waals surface area contributed by atoms with E-state index < -0.39 is 14.8 Å². The van der Waals surface area contributed by atoms with Crippen LogP contribution in [0.2, 0.25) is 0 Å². The quantitative estimate of drug-likeness (QED) is 0.487. The van der Waals surface area contributed by atoms with Crippen LogP contribution in [0.1, 0.15) is 5.56 Å². The van der Waals surface area contributed by atoms with Gasteiger partial charge in [0.05, 0.1) is 21.7 Å². The third kappa shape index (κ3) is 4.44. The maximum atomic E-state index is 12.1. The predicted molar refractivity (Wildman–Crippen MR) is 105 cm³/mol. The molecule has 1 heterocycles. The number of nitrogens with zero attached hydrogens (tertiary/aromatic N) is 2. The average Bonchev–Trinajstić information content (AvgIpc) is 2.64. The van der Waals surface area contributed by atoms with E-state index in [1.807, 2.05) is 6.92 Å². The van der Waals surface area contributed by atoms with Crippen LogP contribution in [0.4, 0.5) is 17.1 Å². The topological polar surface area (TPSA) is 111 Å². The van der Waals surface area contributed by atoms with E-state index in [4.69, 9.17) is 4.74 Å². The molecule has 0 amide bonds. The van der Waals surface area contributed by atoms with E-state index in [0.29, 0.717) is 17.2 Å². The van der Waals surface area contributed by atoms with Gasteiger partial charge in [-0.25, -0.2) is 8.42 Å². The third-order valence-electron chi connectivity index (χ3n) is 3.89. The molecule has 0 fully saturated rings. The molecule has 1 N–H and O–H groups in total. The van der Waals surface area contributed by atoms with Crippen molar-refractivity contribution in [2.24, 2.45) is 0 Å². The number of nitro benzene ring substituents is 1. The van der Waals surface area contributed by atoms with Crippen molar-refractivity contribution in [2.45, 2.75) is 11.8 Å². The summed E-state index contributed by atoms with van der Waals surface area (Å²) in [7, 11) is -3.67. The number of nitrogens with one attached hydrogen (secondary N) is 1. The van der Waals surface area contributed by atoms with Crippen LogP contribution in [0, 0.1) is 17.0 Å². The van der Waals surface area contributed by atoms with Gasteiger partial charge >= 0.3 is 0 Å². The molecule has 9 heteroatoms. The lowest BCUT2D eigenvalue weighted by Gasteiger charge is -2.13. The molecule has 28 heavy (non-hydrogen) atoms. The first kappa shape index (κ1) is 19.3. The van der Waals surface area contributed by atoms with Gasteiger partial charge in [0.2, 0.25) is 0 Å². The molecule has 0 bridgehead atoms. The van der Waals surface area contributed by atoms with Crippen LogP contribution in [-0.4, -0.2) is 24.6 Å². The minimum absolute atomic E-state index is 0.143. The standard InChI is InChI=1S/C19H17N3O5S/c1-13-10-14(5-8-18(13)27-16-4-3-9-20-12-16)21-17-7-6-15(22(23)24)11-19(17)28(2,25)26/h3-12,21H,1-2H3. The molecule has 1 aromatic heterocycles. The van der Waals surface area contributed by atoms with E-state index in [9.17, 15) is 18.5 Å². The van der Waals surface area contributed by atoms with Crippen LogP contribution in [0.5, 0.6) is 11.5 Å². The van der Waals surface area contributed by atoms with Gasteiger partial charge in [-0.2, -0.15) is 0 Å². The maximum absolute atomic E-state index is 12.1. The molecule has 0 saturated heterocycles. The van der Waals surface area contributed by atoms with Gasteiger partial charge in [0, 0.05) is 30.3 Å². The number of aromatic nitrogens is 1. The first-order valence-electron chi connectivity index (χ1n) is 8.18. The van der Waals surface area contributed by atoms with Crippen molar-refractivity contribution in [1.82, 2.24) is 4.98 Å². The smallest absolute Gasteiger partial charge is 0.270 e. The number of aryl methyl sites for hydroxylation is 1. The van der Waals surface area contributed by atoms with Gasteiger partial charge in [0.15, 0.2) is 9.84 Å². The number of rotatable bonds is 6. The van der Waals surface area contributed by atoms with Crippen LogP contribution in [0.15, 0.2) is 65.8 Å². The number of ether oxygens (including phenoxy) is 1. The van der Waals surface area contributed by atoms with E-state index in [0.717, 1.165) is 17.9 Å². The summed E-state index contributed by atoms with van der Waals surface area (Å²) in [5.41, 5.74) is 1.40. The van der Waals surface area contributed by atoms with Gasteiger partial charge < -0.3 is 10.1 Å². The van der Waals surface area contributed by atoms with E-state index >= 15 is 0 Å². The summed E-state index contributed by atoms with van der Waals surface area (Å²) in [5.74, 6) is 1.23. The summed E-state index contributed by atoms with van der Waals surface area (Å²) in [6.45, 7) is 1.85. The van der Waals surface area contributed by atoms with Crippen LogP contribution < -0.4 is 10.1 Å². The molecule has 2 aromatic carbocycles. The highest BCUT2D eigenvalue weighted by Crippen LogP contribution is 2.32. The number of hydrogen-bond acceptors (Lipinski definition) is 7. The second kappa shape index (κ2) is 7.65. The molecule has 0 aliphatic rings. The Hall–Kier alpha value is -3.46. The molecule has 3 rings (SSSR count). The summed E-state index contributed by atoms with van der Waals surface area (Å²) < 4.78 is 29.9. The zero-order valence-electron chi connectivity index (χ0n) is 15.1. The first-order valence-corrected chi connectivity index (χ1v) is 10.1. The number of pyridine rings is 1. The average molecular weight is 399 g/mol. The Bertz CT molecular complexity index is 1130. The zero-order chi connectivity index (χ0) is 20.3. The largest absolute Gasteiger partial charge is 0.455 e. The van der Waals surface area contributed by atoms with Crippen molar-refractivity contribution < 1.29 is 18.1 Å². The lowest BCUT2D eigenvalue weighted by molar-refractivity contribution is -0.385. The highest BCUT2D eigenvalue weighted by Gasteiger charge is 2.18. The molecular weight excluding hydrogens is 382 g/mol. The summed E-state index contributed by atoms with van der Waals surface area (Å²) in [6.07, 6.45) is 4.25. The van der Waals surface area contributed by atoms with Crippen molar-refractivity contribution in [3.05, 3.63) is 76.6 Å². The number of non-ortho nitro benzene ring substituents is 1. The maximum Gasteiger partial charge on any atom is 0.270 e. The minimum atomic E-state index is -3.67. The van der Waals surface area contributed by atoms with Crippen molar-refractivity contribution in [1.29, 1.82) is 0 Å². The highest BCUT2D eigenvalue weighted by atomic mass is 32.2. The monoisotopic (exact) mass is 399 g/mol. The first-order chi connectivity index (χ1) is 13.2. The molecule has 3 aromatic rings. The van der Waals surface area contributed by atoms with Crippen LogP contribution in [0.25, 0.3) is 0 Å². The predicted octanol–water partition coefficient (Wildman–Crippen LogP) is 4.24. The van der Waals surface area contributed by atoms with Gasteiger partial charge in [0.1, 0.15) is 11.5 Å². The zero-order valence-corrected chi connectivity index (χ0v) is 15.9. The van der Waals surface area contributed by atoms with Crippen LogP contribution >= 0.6 is 0 Å². The molecule has 8 nitrogen and oxygen atoms in total. The van der Waals surface area contributed by atoms with Crippen molar-refractivity contribution >= 4 is 26.9 Å². The van der Waals surface area contributed by atoms with E-state index in [-0.39, 0.29) is 16.3 Å². The van der Waals surface area contributed by atoms with Crippen molar-refractivity contribution in [3.8, 4) is 11.5 Å². The Balaban J connectivity index is 1.90. The van der Waals surface area contributed by atoms with Crippen molar-refractivity contribution in [2.75, 3.05) is 11.6 Å². The Morgan fingerprint density at radius 1 is 1.14 bits per heavy atom. The van der Waals surface area contributed by atoms with Crippen LogP contribution in [-0.2, 0) is 9.84 Å². The molecule has 0 aliphatic carbocycles. The molecule has 0 atom stereocenters. The molecule has 0 saturated carbocycles. The number of benzene rings is 2. The summed E-state index contributed by atoms with van der Waals surface area (Å²) in [5, 5.41) is 14.0. The number of sulfone groups is 1. The lowest BCUT2D eigenvalue weighted by atomic mass is 10.2.